The fourth-order valence-electron chi connectivity index (χ4n) is 3.46. The van der Waals surface area contributed by atoms with Crippen LogP contribution in [0.1, 0.15) is 35.8 Å². The van der Waals surface area contributed by atoms with Gasteiger partial charge in [0.15, 0.2) is 12.3 Å². The lowest BCUT2D eigenvalue weighted by atomic mass is 9.98. The van der Waals surface area contributed by atoms with Crippen molar-refractivity contribution in [1.29, 1.82) is 0 Å². The average molecular weight is 350 g/mol. The zero-order valence-electron chi connectivity index (χ0n) is 14.5. The second-order valence-electron chi connectivity index (χ2n) is 6.39. The number of anilines is 1. The largest absolute Gasteiger partial charge is 0.451 e. The maximum Gasteiger partial charge on any atom is 0.358 e. The Hall–Kier alpha value is -3.22. The molecule has 0 saturated heterocycles. The van der Waals surface area contributed by atoms with E-state index < -0.39 is 5.97 Å². The number of aromatic nitrogens is 3. The van der Waals surface area contributed by atoms with Gasteiger partial charge >= 0.3 is 5.97 Å². The summed E-state index contributed by atoms with van der Waals surface area (Å²) in [5, 5.41) is 0.568. The van der Waals surface area contributed by atoms with Crippen LogP contribution in [0.15, 0.2) is 42.9 Å². The van der Waals surface area contributed by atoms with Gasteiger partial charge in [0.05, 0.1) is 5.39 Å². The third-order valence-electron chi connectivity index (χ3n) is 4.96. The fraction of sp³-hybridized carbons (Fsp3) is 0.263. The summed E-state index contributed by atoms with van der Waals surface area (Å²) in [5.41, 5.74) is 2.70. The van der Waals surface area contributed by atoms with Crippen LogP contribution < -0.4 is 4.90 Å². The molecule has 3 heterocycles. The second-order valence-corrected chi connectivity index (χ2v) is 6.39. The molecule has 0 saturated carbocycles. The predicted octanol–water partition coefficient (Wildman–Crippen LogP) is 2.65. The number of amides is 1. The van der Waals surface area contributed by atoms with E-state index in [0.717, 1.165) is 11.3 Å². The van der Waals surface area contributed by atoms with Crippen molar-refractivity contribution in [3.8, 4) is 0 Å². The number of benzene rings is 1. The van der Waals surface area contributed by atoms with Crippen LogP contribution in [-0.2, 0) is 9.53 Å². The molecule has 1 aliphatic rings. The molecule has 1 amide bonds. The number of ether oxygens (including phenoxy) is 1. The maximum absolute atomic E-state index is 12.7. The Morgan fingerprint density at radius 1 is 1.19 bits per heavy atom. The van der Waals surface area contributed by atoms with E-state index in [-0.39, 0.29) is 30.2 Å². The molecule has 0 radical (unpaired) electrons. The van der Waals surface area contributed by atoms with E-state index in [1.807, 2.05) is 31.2 Å². The number of nitrogens with one attached hydrogen (secondary N) is 1. The summed E-state index contributed by atoms with van der Waals surface area (Å²) in [5.74, 6) is -0.659. The lowest BCUT2D eigenvalue weighted by Crippen LogP contribution is -2.39. The van der Waals surface area contributed by atoms with Gasteiger partial charge in [0, 0.05) is 23.8 Å². The number of carbonyl (C=O) groups is 2. The standard InChI is InChI=1S/C19H18N4O3/c1-11-12(2)23(15-6-4-3-5-13(11)15)16(24)9-26-19(25)17-14-7-8-20-18(14)22-10-21-17/h3-8,10-12H,9H2,1-2H3,(H,20,21,22). The minimum atomic E-state index is -0.640. The van der Waals surface area contributed by atoms with Gasteiger partial charge in [-0.3, -0.25) is 4.79 Å². The average Bonchev–Trinajstić information content (AvgIpc) is 3.23. The zero-order chi connectivity index (χ0) is 18.3. The Kier molecular flexibility index (Phi) is 3.91. The van der Waals surface area contributed by atoms with E-state index in [9.17, 15) is 9.59 Å². The highest BCUT2D eigenvalue weighted by atomic mass is 16.5. The predicted molar refractivity (Wildman–Crippen MR) is 96.0 cm³/mol. The molecular formula is C19H18N4O3. The molecule has 132 valence electrons. The number of hydrogen-bond acceptors (Lipinski definition) is 5. The summed E-state index contributed by atoms with van der Waals surface area (Å²) in [7, 11) is 0. The van der Waals surface area contributed by atoms with E-state index in [2.05, 4.69) is 21.9 Å². The molecule has 2 aromatic heterocycles. The first kappa shape index (κ1) is 16.3. The number of rotatable bonds is 3. The Labute approximate surface area is 150 Å². The number of carbonyl (C=O) groups excluding carboxylic acids is 2. The molecule has 0 bridgehead atoms. The highest BCUT2D eigenvalue weighted by Gasteiger charge is 2.36. The first-order valence-corrected chi connectivity index (χ1v) is 8.44. The van der Waals surface area contributed by atoms with Crippen molar-refractivity contribution < 1.29 is 14.3 Å². The number of aromatic amines is 1. The van der Waals surface area contributed by atoms with Crippen molar-refractivity contribution in [3.63, 3.8) is 0 Å². The Morgan fingerprint density at radius 2 is 2.00 bits per heavy atom. The number of H-pyrrole nitrogens is 1. The van der Waals surface area contributed by atoms with Crippen LogP contribution in [0.2, 0.25) is 0 Å². The van der Waals surface area contributed by atoms with Crippen molar-refractivity contribution in [2.24, 2.45) is 0 Å². The van der Waals surface area contributed by atoms with Crippen molar-refractivity contribution in [3.05, 3.63) is 54.1 Å². The molecule has 0 spiro atoms. The molecule has 26 heavy (non-hydrogen) atoms. The van der Waals surface area contributed by atoms with Gasteiger partial charge in [-0.25, -0.2) is 14.8 Å². The minimum Gasteiger partial charge on any atom is -0.451 e. The van der Waals surface area contributed by atoms with Crippen molar-refractivity contribution in [2.75, 3.05) is 11.5 Å². The van der Waals surface area contributed by atoms with Crippen molar-refractivity contribution in [2.45, 2.75) is 25.8 Å². The minimum absolute atomic E-state index is 0.00836. The van der Waals surface area contributed by atoms with Gasteiger partial charge in [0.2, 0.25) is 0 Å². The lowest BCUT2D eigenvalue weighted by molar-refractivity contribution is -0.122. The molecular weight excluding hydrogens is 332 g/mol. The molecule has 1 aromatic carbocycles. The van der Waals surface area contributed by atoms with Crippen LogP contribution >= 0.6 is 0 Å². The first-order valence-electron chi connectivity index (χ1n) is 8.44. The highest BCUT2D eigenvalue weighted by Crippen LogP contribution is 2.40. The molecule has 0 aliphatic carbocycles. The van der Waals surface area contributed by atoms with Gasteiger partial charge in [0.25, 0.3) is 5.91 Å². The smallest absolute Gasteiger partial charge is 0.358 e. The van der Waals surface area contributed by atoms with Crippen LogP contribution in [0.4, 0.5) is 5.69 Å². The molecule has 1 aliphatic heterocycles. The summed E-state index contributed by atoms with van der Waals surface area (Å²) in [4.78, 5) is 37.7. The third-order valence-corrected chi connectivity index (χ3v) is 4.96. The van der Waals surface area contributed by atoms with E-state index in [0.29, 0.717) is 11.0 Å². The van der Waals surface area contributed by atoms with Gasteiger partial charge in [0.1, 0.15) is 12.0 Å². The maximum atomic E-state index is 12.7. The lowest BCUT2D eigenvalue weighted by Gasteiger charge is -2.24. The van der Waals surface area contributed by atoms with Gasteiger partial charge in [-0.15, -0.1) is 0 Å². The molecule has 3 aromatic rings. The van der Waals surface area contributed by atoms with Gasteiger partial charge in [-0.05, 0) is 24.6 Å². The number of hydrogen-bond donors (Lipinski definition) is 1. The third kappa shape index (κ3) is 2.52. The number of nitrogens with zero attached hydrogens (tertiary/aromatic N) is 3. The number of para-hydroxylation sites is 1. The summed E-state index contributed by atoms with van der Waals surface area (Å²) >= 11 is 0. The normalized spacial score (nSPS) is 18.8. The van der Waals surface area contributed by atoms with Crippen LogP contribution in [0, 0.1) is 0 Å². The summed E-state index contributed by atoms with van der Waals surface area (Å²) in [6, 6.07) is 9.53. The molecule has 2 unspecified atom stereocenters. The van der Waals surface area contributed by atoms with E-state index in [4.69, 9.17) is 4.74 Å². The van der Waals surface area contributed by atoms with E-state index in [1.54, 1.807) is 17.2 Å². The summed E-state index contributed by atoms with van der Waals surface area (Å²) in [6.45, 7) is 3.75. The molecule has 2 atom stereocenters. The summed E-state index contributed by atoms with van der Waals surface area (Å²) < 4.78 is 5.24. The molecule has 4 rings (SSSR count). The second kappa shape index (κ2) is 6.25. The number of fused-ring (bicyclic) bond motifs is 2. The van der Waals surface area contributed by atoms with Gasteiger partial charge in [-0.2, -0.15) is 0 Å². The molecule has 1 N–H and O–H groups in total. The molecule has 7 heteroatoms. The Morgan fingerprint density at radius 3 is 2.85 bits per heavy atom. The highest BCUT2D eigenvalue weighted by molar-refractivity contribution is 6.03. The summed E-state index contributed by atoms with van der Waals surface area (Å²) in [6.07, 6.45) is 2.96. The van der Waals surface area contributed by atoms with Crippen LogP contribution in [0.5, 0.6) is 0 Å². The van der Waals surface area contributed by atoms with Crippen molar-refractivity contribution >= 4 is 28.6 Å². The van der Waals surface area contributed by atoms with Crippen LogP contribution in [0.25, 0.3) is 11.0 Å². The van der Waals surface area contributed by atoms with Crippen LogP contribution in [-0.4, -0.2) is 39.5 Å². The SMILES string of the molecule is CC1c2ccccc2N(C(=O)COC(=O)c2ncnc3[nH]ccc23)C1C. The quantitative estimate of drug-likeness (QED) is 0.734. The Balaban J connectivity index is 1.51. The fourth-order valence-corrected chi connectivity index (χ4v) is 3.46. The molecule has 0 fully saturated rings. The van der Waals surface area contributed by atoms with Gasteiger partial charge < -0.3 is 14.6 Å². The zero-order valence-corrected chi connectivity index (χ0v) is 14.5. The van der Waals surface area contributed by atoms with Crippen LogP contribution in [0.3, 0.4) is 0 Å². The van der Waals surface area contributed by atoms with Crippen molar-refractivity contribution in [1.82, 2.24) is 15.0 Å². The van der Waals surface area contributed by atoms with E-state index >= 15 is 0 Å². The first-order chi connectivity index (χ1) is 12.6. The number of esters is 1. The Bertz CT molecular complexity index is 997. The van der Waals surface area contributed by atoms with Gasteiger partial charge in [-0.1, -0.05) is 25.1 Å². The molecule has 7 nitrogen and oxygen atoms in total. The monoisotopic (exact) mass is 350 g/mol. The topological polar surface area (TPSA) is 88.2 Å². The van der Waals surface area contributed by atoms with E-state index in [1.165, 1.54) is 6.33 Å².